The van der Waals surface area contributed by atoms with Crippen molar-refractivity contribution in [3.63, 3.8) is 0 Å². The molecule has 0 saturated carbocycles. The summed E-state index contributed by atoms with van der Waals surface area (Å²) in [5, 5.41) is 3.65. The van der Waals surface area contributed by atoms with Crippen molar-refractivity contribution < 1.29 is 9.47 Å². The summed E-state index contributed by atoms with van der Waals surface area (Å²) in [6.45, 7) is 9.43. The number of methoxy groups -OCH3 is 1. The predicted octanol–water partition coefficient (Wildman–Crippen LogP) is 3.88. The maximum atomic E-state index is 6.00. The SMILES string of the molecule is COc1ccc(CNCC(C(C)C)N2CCCC2)cc1OCc1cccnc1. The number of nitrogens with one attached hydrogen (secondary N) is 1. The number of likely N-dealkylation sites (tertiary alicyclic amines) is 1. The molecule has 28 heavy (non-hydrogen) atoms. The molecule has 1 aliphatic rings. The van der Waals surface area contributed by atoms with E-state index in [2.05, 4.69) is 41.2 Å². The van der Waals surface area contributed by atoms with Crippen LogP contribution >= 0.6 is 0 Å². The van der Waals surface area contributed by atoms with E-state index >= 15 is 0 Å². The average molecular weight is 384 g/mol. The van der Waals surface area contributed by atoms with Gasteiger partial charge in [-0.2, -0.15) is 0 Å². The number of benzene rings is 1. The molecule has 1 saturated heterocycles. The summed E-state index contributed by atoms with van der Waals surface area (Å²) < 4.78 is 11.5. The van der Waals surface area contributed by atoms with E-state index in [0.717, 1.165) is 30.2 Å². The van der Waals surface area contributed by atoms with E-state index in [0.29, 0.717) is 18.6 Å². The Bertz CT molecular complexity index is 715. The van der Waals surface area contributed by atoms with Gasteiger partial charge in [0.2, 0.25) is 0 Å². The molecule has 2 heterocycles. The highest BCUT2D eigenvalue weighted by Crippen LogP contribution is 2.29. The van der Waals surface area contributed by atoms with Gasteiger partial charge in [0.05, 0.1) is 7.11 Å². The van der Waals surface area contributed by atoms with Gasteiger partial charge in [0.15, 0.2) is 11.5 Å². The Labute approximate surface area is 169 Å². The number of hydrogen-bond donors (Lipinski definition) is 1. The molecule has 0 spiro atoms. The molecular formula is C23H33N3O2. The van der Waals surface area contributed by atoms with Crippen molar-refractivity contribution in [2.45, 2.75) is 45.9 Å². The molecular weight excluding hydrogens is 350 g/mol. The molecule has 152 valence electrons. The Morgan fingerprint density at radius 3 is 2.61 bits per heavy atom. The molecule has 5 nitrogen and oxygen atoms in total. The van der Waals surface area contributed by atoms with Gasteiger partial charge in [0.25, 0.3) is 0 Å². The third kappa shape index (κ3) is 5.69. The van der Waals surface area contributed by atoms with Crippen molar-refractivity contribution in [1.82, 2.24) is 15.2 Å². The van der Waals surface area contributed by atoms with Crippen molar-refractivity contribution in [2.75, 3.05) is 26.7 Å². The summed E-state index contributed by atoms with van der Waals surface area (Å²) in [7, 11) is 1.67. The molecule has 1 aromatic heterocycles. The van der Waals surface area contributed by atoms with E-state index in [1.807, 2.05) is 24.4 Å². The van der Waals surface area contributed by atoms with Gasteiger partial charge in [-0.05, 0) is 55.6 Å². The fourth-order valence-corrected chi connectivity index (χ4v) is 3.81. The number of ether oxygens (including phenoxy) is 2. The van der Waals surface area contributed by atoms with E-state index in [4.69, 9.17) is 9.47 Å². The lowest BCUT2D eigenvalue weighted by atomic mass is 10.0. The van der Waals surface area contributed by atoms with Gasteiger partial charge >= 0.3 is 0 Å². The second kappa shape index (κ2) is 10.4. The van der Waals surface area contributed by atoms with Crippen LogP contribution in [-0.2, 0) is 13.2 Å². The number of pyridine rings is 1. The molecule has 0 amide bonds. The molecule has 0 bridgehead atoms. The fraction of sp³-hybridized carbons (Fsp3) is 0.522. The van der Waals surface area contributed by atoms with Crippen LogP contribution in [0.3, 0.4) is 0 Å². The Hall–Kier alpha value is -2.11. The zero-order chi connectivity index (χ0) is 19.8. The Kier molecular flexibility index (Phi) is 7.69. The standard InChI is InChI=1S/C23H33N3O2/c1-18(2)21(26-11-4-5-12-26)16-25-14-19-8-9-22(27-3)23(13-19)28-17-20-7-6-10-24-15-20/h6-10,13,15,18,21,25H,4-5,11-12,14,16-17H2,1-3H3. The second-order valence-electron chi connectivity index (χ2n) is 7.82. The van der Waals surface area contributed by atoms with Crippen molar-refractivity contribution in [2.24, 2.45) is 5.92 Å². The molecule has 0 radical (unpaired) electrons. The lowest BCUT2D eigenvalue weighted by Crippen LogP contribution is -2.44. The number of hydrogen-bond acceptors (Lipinski definition) is 5. The summed E-state index contributed by atoms with van der Waals surface area (Å²) >= 11 is 0. The highest BCUT2D eigenvalue weighted by atomic mass is 16.5. The fourth-order valence-electron chi connectivity index (χ4n) is 3.81. The maximum absolute atomic E-state index is 6.00. The molecule has 5 heteroatoms. The third-order valence-corrected chi connectivity index (χ3v) is 5.41. The van der Waals surface area contributed by atoms with E-state index in [1.165, 1.54) is 31.5 Å². The number of rotatable bonds is 10. The van der Waals surface area contributed by atoms with Crippen molar-refractivity contribution in [3.05, 3.63) is 53.9 Å². The average Bonchev–Trinajstić information content (AvgIpc) is 3.24. The minimum atomic E-state index is 0.478. The van der Waals surface area contributed by atoms with Gasteiger partial charge in [-0.3, -0.25) is 9.88 Å². The minimum absolute atomic E-state index is 0.478. The lowest BCUT2D eigenvalue weighted by Gasteiger charge is -2.31. The molecule has 1 atom stereocenters. The van der Waals surface area contributed by atoms with E-state index in [9.17, 15) is 0 Å². The first-order valence-electron chi connectivity index (χ1n) is 10.3. The quantitative estimate of drug-likeness (QED) is 0.675. The first kappa shape index (κ1) is 20.6. The minimum Gasteiger partial charge on any atom is -0.493 e. The molecule has 1 unspecified atom stereocenters. The number of aromatic nitrogens is 1. The molecule has 3 rings (SSSR count). The van der Waals surface area contributed by atoms with Gasteiger partial charge in [0.1, 0.15) is 6.61 Å². The smallest absolute Gasteiger partial charge is 0.161 e. The number of nitrogens with zero attached hydrogens (tertiary/aromatic N) is 2. The predicted molar refractivity (Wildman–Crippen MR) is 113 cm³/mol. The topological polar surface area (TPSA) is 46.6 Å². The van der Waals surface area contributed by atoms with Gasteiger partial charge in [-0.15, -0.1) is 0 Å². The van der Waals surface area contributed by atoms with Gasteiger partial charge in [-0.25, -0.2) is 0 Å². The molecule has 1 fully saturated rings. The first-order chi connectivity index (χ1) is 13.7. The van der Waals surface area contributed by atoms with E-state index < -0.39 is 0 Å². The summed E-state index contributed by atoms with van der Waals surface area (Å²) in [5.41, 5.74) is 2.24. The second-order valence-corrected chi connectivity index (χ2v) is 7.82. The van der Waals surface area contributed by atoms with Crippen molar-refractivity contribution in [1.29, 1.82) is 0 Å². The molecule has 0 aliphatic carbocycles. The summed E-state index contributed by atoms with van der Waals surface area (Å²) in [6.07, 6.45) is 6.25. The summed E-state index contributed by atoms with van der Waals surface area (Å²) in [6, 6.07) is 10.7. The van der Waals surface area contributed by atoms with Crippen LogP contribution < -0.4 is 14.8 Å². The Morgan fingerprint density at radius 2 is 1.93 bits per heavy atom. The van der Waals surface area contributed by atoms with Gasteiger partial charge in [0, 0.05) is 37.1 Å². The van der Waals surface area contributed by atoms with Gasteiger partial charge in [-0.1, -0.05) is 26.0 Å². The van der Waals surface area contributed by atoms with Crippen molar-refractivity contribution >= 4 is 0 Å². The van der Waals surface area contributed by atoms with Crippen LogP contribution in [0.25, 0.3) is 0 Å². The monoisotopic (exact) mass is 383 g/mol. The third-order valence-electron chi connectivity index (χ3n) is 5.41. The molecule has 1 aliphatic heterocycles. The van der Waals surface area contributed by atoms with Crippen LogP contribution in [0.2, 0.25) is 0 Å². The zero-order valence-corrected chi connectivity index (χ0v) is 17.4. The Morgan fingerprint density at radius 1 is 1.11 bits per heavy atom. The largest absolute Gasteiger partial charge is 0.493 e. The van der Waals surface area contributed by atoms with E-state index in [-0.39, 0.29) is 0 Å². The van der Waals surface area contributed by atoms with Crippen LogP contribution in [0, 0.1) is 5.92 Å². The van der Waals surface area contributed by atoms with Crippen LogP contribution in [0.15, 0.2) is 42.7 Å². The maximum Gasteiger partial charge on any atom is 0.161 e. The summed E-state index contributed by atoms with van der Waals surface area (Å²) in [5.74, 6) is 2.18. The van der Waals surface area contributed by atoms with E-state index in [1.54, 1.807) is 13.3 Å². The lowest BCUT2D eigenvalue weighted by molar-refractivity contribution is 0.186. The summed E-state index contributed by atoms with van der Waals surface area (Å²) in [4.78, 5) is 6.77. The van der Waals surface area contributed by atoms with Gasteiger partial charge < -0.3 is 14.8 Å². The van der Waals surface area contributed by atoms with Crippen LogP contribution in [-0.4, -0.2) is 42.7 Å². The van der Waals surface area contributed by atoms with Crippen LogP contribution in [0.5, 0.6) is 11.5 Å². The highest BCUT2D eigenvalue weighted by Gasteiger charge is 2.24. The van der Waals surface area contributed by atoms with Crippen LogP contribution in [0.1, 0.15) is 37.8 Å². The normalized spacial score (nSPS) is 15.7. The zero-order valence-electron chi connectivity index (χ0n) is 17.4. The van der Waals surface area contributed by atoms with Crippen molar-refractivity contribution in [3.8, 4) is 11.5 Å². The molecule has 2 aromatic rings. The van der Waals surface area contributed by atoms with Crippen LogP contribution in [0.4, 0.5) is 0 Å². The highest BCUT2D eigenvalue weighted by molar-refractivity contribution is 5.43. The molecule has 1 N–H and O–H groups in total. The molecule has 1 aromatic carbocycles. The Balaban J connectivity index is 1.57. The first-order valence-corrected chi connectivity index (χ1v) is 10.3.